The molecule has 1 aliphatic rings. The number of benzene rings is 2. The normalized spacial score (nSPS) is 14.1. The van der Waals surface area contributed by atoms with Gasteiger partial charge in [0.2, 0.25) is 0 Å². The molecule has 2 aromatic carbocycles. The van der Waals surface area contributed by atoms with E-state index in [4.69, 9.17) is 16.3 Å². The molecule has 0 aliphatic carbocycles. The molecule has 35 heavy (non-hydrogen) atoms. The highest BCUT2D eigenvalue weighted by Crippen LogP contribution is 2.26. The average Bonchev–Trinajstić information content (AvgIpc) is 3.32. The zero-order valence-electron chi connectivity index (χ0n) is 19.8. The standard InChI is InChI=1S/C26H27ClN6O2/c1-18(2)19-5-3-8-22(13-19)35-16-24(34)31-9-11-32(12-10-31)25-23-15-30-33(26(23)29-17-28-25)21-7-4-6-20(27)14-21/h3-8,13-15,17-18H,9-12,16H2,1-2H3. The van der Waals surface area contributed by atoms with Crippen LogP contribution in [-0.4, -0.2) is 63.3 Å². The minimum Gasteiger partial charge on any atom is -0.484 e. The Morgan fingerprint density at radius 2 is 1.86 bits per heavy atom. The van der Waals surface area contributed by atoms with E-state index in [1.165, 1.54) is 5.56 Å². The molecule has 0 spiro atoms. The first-order valence-corrected chi connectivity index (χ1v) is 12.1. The Bertz CT molecular complexity index is 1350. The fraction of sp³-hybridized carbons (Fsp3) is 0.308. The summed E-state index contributed by atoms with van der Waals surface area (Å²) in [6.45, 7) is 6.84. The zero-order chi connectivity index (χ0) is 24.4. The maximum Gasteiger partial charge on any atom is 0.260 e. The molecule has 8 nitrogen and oxygen atoms in total. The van der Waals surface area contributed by atoms with Gasteiger partial charge in [0.1, 0.15) is 17.9 Å². The lowest BCUT2D eigenvalue weighted by molar-refractivity contribution is -0.133. The van der Waals surface area contributed by atoms with Crippen LogP contribution < -0.4 is 9.64 Å². The number of anilines is 1. The lowest BCUT2D eigenvalue weighted by Crippen LogP contribution is -2.50. The van der Waals surface area contributed by atoms with Crippen molar-refractivity contribution in [2.24, 2.45) is 0 Å². The van der Waals surface area contributed by atoms with Gasteiger partial charge in [0.15, 0.2) is 12.3 Å². The number of halogens is 1. The van der Waals surface area contributed by atoms with Gasteiger partial charge in [-0.2, -0.15) is 5.10 Å². The fourth-order valence-electron chi connectivity index (χ4n) is 4.25. The molecule has 0 radical (unpaired) electrons. The Morgan fingerprint density at radius 1 is 1.06 bits per heavy atom. The Balaban J connectivity index is 1.24. The topological polar surface area (TPSA) is 76.4 Å². The number of piperazine rings is 1. The monoisotopic (exact) mass is 490 g/mol. The van der Waals surface area contributed by atoms with Crippen LogP contribution in [0.4, 0.5) is 5.82 Å². The van der Waals surface area contributed by atoms with Crippen LogP contribution in [0.1, 0.15) is 25.3 Å². The number of hydrogen-bond donors (Lipinski definition) is 0. The van der Waals surface area contributed by atoms with Gasteiger partial charge in [-0.15, -0.1) is 0 Å². The lowest BCUT2D eigenvalue weighted by Gasteiger charge is -2.35. The zero-order valence-corrected chi connectivity index (χ0v) is 20.5. The van der Waals surface area contributed by atoms with Gasteiger partial charge >= 0.3 is 0 Å². The number of carbonyl (C=O) groups is 1. The maximum atomic E-state index is 12.8. The van der Waals surface area contributed by atoms with E-state index in [1.54, 1.807) is 17.2 Å². The van der Waals surface area contributed by atoms with Crippen molar-refractivity contribution in [1.29, 1.82) is 0 Å². The summed E-state index contributed by atoms with van der Waals surface area (Å²) in [6, 6.07) is 15.4. The van der Waals surface area contributed by atoms with Crippen molar-refractivity contribution in [3.63, 3.8) is 0 Å². The van der Waals surface area contributed by atoms with E-state index in [0.29, 0.717) is 42.8 Å². The molecule has 1 amide bonds. The number of ether oxygens (including phenoxy) is 1. The van der Waals surface area contributed by atoms with Gasteiger partial charge in [-0.1, -0.05) is 43.6 Å². The Morgan fingerprint density at radius 3 is 2.63 bits per heavy atom. The number of rotatable bonds is 6. The van der Waals surface area contributed by atoms with Crippen LogP contribution in [0.2, 0.25) is 5.02 Å². The third kappa shape index (κ3) is 4.93. The predicted molar refractivity (Wildman–Crippen MR) is 136 cm³/mol. The average molecular weight is 491 g/mol. The molecule has 0 atom stereocenters. The van der Waals surface area contributed by atoms with Crippen molar-refractivity contribution in [3.8, 4) is 11.4 Å². The number of aromatic nitrogens is 4. The summed E-state index contributed by atoms with van der Waals surface area (Å²) in [5.74, 6) is 1.94. The molecule has 3 heterocycles. The van der Waals surface area contributed by atoms with Crippen molar-refractivity contribution in [2.75, 3.05) is 37.7 Å². The first-order valence-electron chi connectivity index (χ1n) is 11.7. The SMILES string of the molecule is CC(C)c1cccc(OCC(=O)N2CCN(c3ncnc4c3cnn4-c3cccc(Cl)c3)CC2)c1. The Hall–Kier alpha value is -3.65. The van der Waals surface area contributed by atoms with Crippen LogP contribution in [-0.2, 0) is 4.79 Å². The molecule has 9 heteroatoms. The van der Waals surface area contributed by atoms with Crippen LogP contribution in [0.15, 0.2) is 61.1 Å². The van der Waals surface area contributed by atoms with E-state index in [9.17, 15) is 4.79 Å². The lowest BCUT2D eigenvalue weighted by atomic mass is 10.0. The summed E-state index contributed by atoms with van der Waals surface area (Å²) in [5.41, 5.74) is 2.75. The number of fused-ring (bicyclic) bond motifs is 1. The number of amides is 1. The number of carbonyl (C=O) groups excluding carboxylic acids is 1. The molecular weight excluding hydrogens is 464 g/mol. The Kier molecular flexibility index (Phi) is 6.55. The summed E-state index contributed by atoms with van der Waals surface area (Å²) in [5, 5.41) is 6.02. The van der Waals surface area contributed by atoms with E-state index >= 15 is 0 Å². The van der Waals surface area contributed by atoms with Crippen LogP contribution >= 0.6 is 11.6 Å². The van der Waals surface area contributed by atoms with Crippen molar-refractivity contribution < 1.29 is 9.53 Å². The van der Waals surface area contributed by atoms with Gasteiger partial charge in [0.05, 0.1) is 17.3 Å². The third-order valence-corrected chi connectivity index (χ3v) is 6.45. The molecule has 1 fully saturated rings. The minimum atomic E-state index is -0.0128. The van der Waals surface area contributed by atoms with Gasteiger partial charge < -0.3 is 14.5 Å². The minimum absolute atomic E-state index is 0.0128. The van der Waals surface area contributed by atoms with E-state index in [0.717, 1.165) is 22.6 Å². The molecule has 5 rings (SSSR count). The summed E-state index contributed by atoms with van der Waals surface area (Å²) < 4.78 is 7.55. The highest BCUT2D eigenvalue weighted by molar-refractivity contribution is 6.30. The summed E-state index contributed by atoms with van der Waals surface area (Å²) in [7, 11) is 0. The molecule has 4 aromatic rings. The molecule has 0 unspecified atom stereocenters. The third-order valence-electron chi connectivity index (χ3n) is 6.22. The molecule has 180 valence electrons. The van der Waals surface area contributed by atoms with Crippen LogP contribution in [0.3, 0.4) is 0 Å². The molecule has 0 N–H and O–H groups in total. The molecule has 2 aromatic heterocycles. The highest BCUT2D eigenvalue weighted by atomic mass is 35.5. The van der Waals surface area contributed by atoms with Crippen molar-refractivity contribution in [3.05, 3.63) is 71.6 Å². The summed E-state index contributed by atoms with van der Waals surface area (Å²) >= 11 is 6.16. The summed E-state index contributed by atoms with van der Waals surface area (Å²) in [4.78, 5) is 25.8. The van der Waals surface area contributed by atoms with Crippen LogP contribution in [0, 0.1) is 0 Å². The smallest absolute Gasteiger partial charge is 0.260 e. The second-order valence-corrected chi connectivity index (χ2v) is 9.29. The molecular formula is C26H27ClN6O2. The van der Waals surface area contributed by atoms with Gasteiger partial charge in [0.25, 0.3) is 5.91 Å². The fourth-order valence-corrected chi connectivity index (χ4v) is 4.43. The predicted octanol–water partition coefficient (Wildman–Crippen LogP) is 4.32. The van der Waals surface area contributed by atoms with E-state index in [2.05, 4.69) is 39.9 Å². The molecule has 1 aliphatic heterocycles. The second kappa shape index (κ2) is 9.92. The van der Waals surface area contributed by atoms with Gasteiger partial charge in [0, 0.05) is 31.2 Å². The van der Waals surface area contributed by atoms with Crippen molar-refractivity contribution in [2.45, 2.75) is 19.8 Å². The maximum absolute atomic E-state index is 12.8. The number of hydrogen-bond acceptors (Lipinski definition) is 6. The van der Waals surface area contributed by atoms with Crippen LogP contribution in [0.5, 0.6) is 5.75 Å². The number of nitrogens with zero attached hydrogens (tertiary/aromatic N) is 6. The molecule has 0 saturated carbocycles. The van der Waals surface area contributed by atoms with Gasteiger partial charge in [-0.05, 0) is 41.8 Å². The largest absolute Gasteiger partial charge is 0.484 e. The van der Waals surface area contributed by atoms with Crippen molar-refractivity contribution in [1.82, 2.24) is 24.6 Å². The van der Waals surface area contributed by atoms with Crippen molar-refractivity contribution >= 4 is 34.4 Å². The quantitative estimate of drug-likeness (QED) is 0.400. The summed E-state index contributed by atoms with van der Waals surface area (Å²) in [6.07, 6.45) is 3.33. The second-order valence-electron chi connectivity index (χ2n) is 8.85. The van der Waals surface area contributed by atoms with Crippen LogP contribution in [0.25, 0.3) is 16.7 Å². The van der Waals surface area contributed by atoms with Gasteiger partial charge in [-0.3, -0.25) is 4.79 Å². The first-order chi connectivity index (χ1) is 17.0. The van der Waals surface area contributed by atoms with E-state index in [1.807, 2.05) is 47.4 Å². The van der Waals surface area contributed by atoms with E-state index in [-0.39, 0.29) is 12.5 Å². The Labute approximate surface area is 209 Å². The van der Waals surface area contributed by atoms with Gasteiger partial charge in [-0.25, -0.2) is 14.6 Å². The highest BCUT2D eigenvalue weighted by Gasteiger charge is 2.24. The molecule has 1 saturated heterocycles. The first kappa shape index (κ1) is 23.1. The van der Waals surface area contributed by atoms with E-state index < -0.39 is 0 Å². The molecule has 0 bridgehead atoms.